The maximum absolute atomic E-state index is 13.3. The highest BCUT2D eigenvalue weighted by Crippen LogP contribution is 2.26. The van der Waals surface area contributed by atoms with Gasteiger partial charge in [-0.05, 0) is 63.6 Å². The number of hydrogen-bond donors (Lipinski definition) is 1. The first-order valence-electron chi connectivity index (χ1n) is 10.9. The number of amides is 3. The Bertz CT molecular complexity index is 806. The molecule has 0 saturated carbocycles. The number of carbonyl (C=O) groups is 3. The molecular formula is C23H32BrN3O4. The van der Waals surface area contributed by atoms with E-state index < -0.39 is 17.7 Å². The van der Waals surface area contributed by atoms with Gasteiger partial charge in [-0.1, -0.05) is 28.1 Å². The predicted octanol–water partition coefficient (Wildman–Crippen LogP) is 3.70. The van der Waals surface area contributed by atoms with Gasteiger partial charge in [0.1, 0.15) is 11.6 Å². The third kappa shape index (κ3) is 6.69. The Morgan fingerprint density at radius 3 is 2.58 bits per heavy atom. The van der Waals surface area contributed by atoms with Gasteiger partial charge in [-0.15, -0.1) is 0 Å². The molecule has 2 fully saturated rings. The van der Waals surface area contributed by atoms with Gasteiger partial charge in [-0.3, -0.25) is 9.59 Å². The van der Waals surface area contributed by atoms with Crippen molar-refractivity contribution in [1.29, 1.82) is 0 Å². The van der Waals surface area contributed by atoms with Crippen LogP contribution in [-0.4, -0.2) is 59.0 Å². The van der Waals surface area contributed by atoms with E-state index in [0.29, 0.717) is 39.0 Å². The first kappa shape index (κ1) is 23.6. The van der Waals surface area contributed by atoms with E-state index in [-0.39, 0.29) is 17.7 Å². The summed E-state index contributed by atoms with van der Waals surface area (Å²) < 4.78 is 6.28. The molecule has 3 amide bonds. The second-order valence-electron chi connectivity index (χ2n) is 9.38. The Morgan fingerprint density at radius 2 is 1.90 bits per heavy atom. The average molecular weight is 494 g/mol. The smallest absolute Gasteiger partial charge is 0.407 e. The topological polar surface area (TPSA) is 79.0 Å². The minimum atomic E-state index is -0.536. The zero-order valence-electron chi connectivity index (χ0n) is 18.5. The number of carbonyl (C=O) groups excluding carboxylic acids is 3. The van der Waals surface area contributed by atoms with Crippen molar-refractivity contribution in [2.24, 2.45) is 5.92 Å². The van der Waals surface area contributed by atoms with Crippen LogP contribution in [0, 0.1) is 5.92 Å². The molecule has 1 N–H and O–H groups in total. The van der Waals surface area contributed by atoms with Crippen LogP contribution in [0.3, 0.4) is 0 Å². The van der Waals surface area contributed by atoms with Gasteiger partial charge in [0.2, 0.25) is 11.8 Å². The van der Waals surface area contributed by atoms with Crippen molar-refractivity contribution in [2.45, 2.75) is 64.6 Å². The van der Waals surface area contributed by atoms with Crippen LogP contribution in [0.15, 0.2) is 28.7 Å². The van der Waals surface area contributed by atoms with Crippen molar-refractivity contribution in [1.82, 2.24) is 15.1 Å². The van der Waals surface area contributed by atoms with Crippen molar-refractivity contribution in [2.75, 3.05) is 19.6 Å². The second kappa shape index (κ2) is 10.0. The molecule has 2 heterocycles. The largest absolute Gasteiger partial charge is 0.444 e. The first-order valence-corrected chi connectivity index (χ1v) is 11.7. The SMILES string of the molecule is CC(C)(C)OC(=O)NCC1CCCN(C(=O)[C@@H]2CCC(=O)N2Cc2ccc(Br)cc2)C1. The number of benzene rings is 1. The van der Waals surface area contributed by atoms with Crippen LogP contribution in [0.25, 0.3) is 0 Å². The molecule has 2 aliphatic heterocycles. The summed E-state index contributed by atoms with van der Waals surface area (Å²) in [4.78, 5) is 41.3. The standard InChI is InChI=1S/C23H32BrN3O4/c1-23(2,3)31-22(30)25-13-17-5-4-12-26(14-17)21(29)19-10-11-20(28)27(19)15-16-6-8-18(24)9-7-16/h6-9,17,19H,4-5,10-15H2,1-3H3,(H,25,30)/t17?,19-/m0/s1. The summed E-state index contributed by atoms with van der Waals surface area (Å²) in [5.41, 5.74) is 0.473. The molecule has 31 heavy (non-hydrogen) atoms. The van der Waals surface area contributed by atoms with Crippen molar-refractivity contribution in [3.63, 3.8) is 0 Å². The fourth-order valence-corrected chi connectivity index (χ4v) is 4.42. The van der Waals surface area contributed by atoms with Gasteiger partial charge in [-0.2, -0.15) is 0 Å². The molecular weight excluding hydrogens is 462 g/mol. The highest BCUT2D eigenvalue weighted by molar-refractivity contribution is 9.10. The van der Waals surface area contributed by atoms with E-state index in [0.717, 1.165) is 22.9 Å². The number of nitrogens with one attached hydrogen (secondary N) is 1. The quantitative estimate of drug-likeness (QED) is 0.677. The molecule has 8 heteroatoms. The molecule has 2 aliphatic rings. The number of rotatable bonds is 5. The number of hydrogen-bond acceptors (Lipinski definition) is 4. The van der Waals surface area contributed by atoms with Gasteiger partial charge in [0.25, 0.3) is 0 Å². The number of piperidine rings is 1. The van der Waals surface area contributed by atoms with E-state index in [2.05, 4.69) is 21.2 Å². The molecule has 1 aromatic carbocycles. The molecule has 0 aliphatic carbocycles. The lowest BCUT2D eigenvalue weighted by Crippen LogP contribution is -2.51. The van der Waals surface area contributed by atoms with Gasteiger partial charge in [0.05, 0.1) is 0 Å². The van der Waals surface area contributed by atoms with Gasteiger partial charge in [0, 0.05) is 37.1 Å². The molecule has 7 nitrogen and oxygen atoms in total. The summed E-state index contributed by atoms with van der Waals surface area (Å²) in [6.07, 6.45) is 2.37. The molecule has 170 valence electrons. The van der Waals surface area contributed by atoms with Crippen LogP contribution in [0.4, 0.5) is 4.79 Å². The zero-order chi connectivity index (χ0) is 22.6. The Hall–Kier alpha value is -2.09. The summed E-state index contributed by atoms with van der Waals surface area (Å²) >= 11 is 3.42. The Balaban J connectivity index is 1.57. The van der Waals surface area contributed by atoms with Crippen molar-refractivity contribution in [3.8, 4) is 0 Å². The highest BCUT2D eigenvalue weighted by atomic mass is 79.9. The molecule has 0 bridgehead atoms. The molecule has 3 rings (SSSR count). The lowest BCUT2D eigenvalue weighted by atomic mass is 9.97. The van der Waals surface area contributed by atoms with E-state index in [1.807, 2.05) is 49.9 Å². The molecule has 0 spiro atoms. The van der Waals surface area contributed by atoms with Crippen molar-refractivity contribution < 1.29 is 19.1 Å². The number of alkyl carbamates (subject to hydrolysis) is 1. The first-order chi connectivity index (χ1) is 14.6. The highest BCUT2D eigenvalue weighted by Gasteiger charge is 2.39. The summed E-state index contributed by atoms with van der Waals surface area (Å²) in [7, 11) is 0. The molecule has 0 radical (unpaired) electrons. The monoisotopic (exact) mass is 493 g/mol. The normalized spacial score (nSPS) is 21.9. The van der Waals surface area contributed by atoms with Crippen molar-refractivity contribution in [3.05, 3.63) is 34.3 Å². The third-order valence-electron chi connectivity index (χ3n) is 5.64. The molecule has 1 unspecified atom stereocenters. The average Bonchev–Trinajstić information content (AvgIpc) is 3.07. The van der Waals surface area contributed by atoms with Crippen LogP contribution < -0.4 is 5.32 Å². The zero-order valence-corrected chi connectivity index (χ0v) is 20.1. The summed E-state index contributed by atoms with van der Waals surface area (Å²) in [6.45, 7) is 7.69. The predicted molar refractivity (Wildman–Crippen MR) is 121 cm³/mol. The molecule has 1 aromatic rings. The minimum Gasteiger partial charge on any atom is -0.444 e. The minimum absolute atomic E-state index is 0.0185. The molecule has 2 saturated heterocycles. The van der Waals surface area contributed by atoms with E-state index in [9.17, 15) is 14.4 Å². The number of ether oxygens (including phenoxy) is 1. The number of likely N-dealkylation sites (tertiary alicyclic amines) is 2. The van der Waals surface area contributed by atoms with Crippen LogP contribution in [0.1, 0.15) is 52.0 Å². The van der Waals surface area contributed by atoms with Gasteiger partial charge >= 0.3 is 6.09 Å². The van der Waals surface area contributed by atoms with Gasteiger partial charge in [-0.25, -0.2) is 4.79 Å². The summed E-state index contributed by atoms with van der Waals surface area (Å²) in [6, 6.07) is 7.42. The maximum Gasteiger partial charge on any atom is 0.407 e. The number of halogens is 1. The van der Waals surface area contributed by atoms with Crippen LogP contribution in [0.5, 0.6) is 0 Å². The Morgan fingerprint density at radius 1 is 1.19 bits per heavy atom. The fourth-order valence-electron chi connectivity index (χ4n) is 4.16. The van der Waals surface area contributed by atoms with Crippen LogP contribution >= 0.6 is 15.9 Å². The van der Waals surface area contributed by atoms with E-state index in [4.69, 9.17) is 4.74 Å². The van der Waals surface area contributed by atoms with Crippen molar-refractivity contribution >= 4 is 33.8 Å². The van der Waals surface area contributed by atoms with E-state index in [1.54, 1.807) is 4.90 Å². The maximum atomic E-state index is 13.3. The van der Waals surface area contributed by atoms with E-state index >= 15 is 0 Å². The van der Waals surface area contributed by atoms with Crippen LogP contribution in [0.2, 0.25) is 0 Å². The lowest BCUT2D eigenvalue weighted by Gasteiger charge is -2.36. The van der Waals surface area contributed by atoms with E-state index in [1.165, 1.54) is 0 Å². The molecule has 2 atom stereocenters. The Kier molecular flexibility index (Phi) is 7.62. The lowest BCUT2D eigenvalue weighted by molar-refractivity contribution is -0.143. The summed E-state index contributed by atoms with van der Waals surface area (Å²) in [5.74, 6) is 0.230. The van der Waals surface area contributed by atoms with Crippen LogP contribution in [-0.2, 0) is 20.9 Å². The Labute approximate surface area is 192 Å². The fraction of sp³-hybridized carbons (Fsp3) is 0.609. The third-order valence-corrected chi connectivity index (χ3v) is 6.17. The second-order valence-corrected chi connectivity index (χ2v) is 10.3. The number of nitrogens with zero attached hydrogens (tertiary/aromatic N) is 2. The van der Waals surface area contributed by atoms with Gasteiger partial charge in [0.15, 0.2) is 0 Å². The van der Waals surface area contributed by atoms with Gasteiger partial charge < -0.3 is 19.9 Å². The summed E-state index contributed by atoms with van der Waals surface area (Å²) in [5, 5.41) is 2.82. The molecule has 0 aromatic heterocycles.